The third kappa shape index (κ3) is 3.46. The monoisotopic (exact) mass is 503 g/mol. The zero-order valence-electron chi connectivity index (χ0n) is 22.4. The average Bonchev–Trinajstić information content (AvgIpc) is 3.75. The van der Waals surface area contributed by atoms with E-state index >= 15 is 0 Å². The second-order valence-electron chi connectivity index (χ2n) is 12.6. The standard InChI is InChI=1S/C32H41NO4/c1-35-26-11-10-24-16-27-30-12-13-32(36-2,25(17-30)20-37-19-23-6-4-3-5-7-23)21-31(30,28(24)29(26)34)14-15-33(27)18-22-8-9-22/h3-7,10-11,22,25,27,34H,8-9,12-21H2,1-2H3/t25-,27-,30-,31-,32+/m1/s1. The summed E-state index contributed by atoms with van der Waals surface area (Å²) in [5, 5.41) is 11.6. The minimum Gasteiger partial charge on any atom is -0.504 e. The molecule has 5 aliphatic carbocycles. The number of hydrogen-bond donors (Lipinski definition) is 1. The number of hydrogen-bond acceptors (Lipinski definition) is 5. The van der Waals surface area contributed by atoms with E-state index in [1.807, 2.05) is 13.2 Å². The Morgan fingerprint density at radius 1 is 1.03 bits per heavy atom. The molecule has 5 heteroatoms. The summed E-state index contributed by atoms with van der Waals surface area (Å²) in [5.41, 5.74) is 3.57. The van der Waals surface area contributed by atoms with Crippen LogP contribution in [-0.2, 0) is 27.9 Å². The predicted molar refractivity (Wildman–Crippen MR) is 143 cm³/mol. The van der Waals surface area contributed by atoms with E-state index in [4.69, 9.17) is 14.2 Å². The topological polar surface area (TPSA) is 51.2 Å². The van der Waals surface area contributed by atoms with Gasteiger partial charge in [-0.15, -0.1) is 0 Å². The number of piperidine rings is 1. The molecule has 0 aromatic heterocycles. The first-order chi connectivity index (χ1) is 18.0. The van der Waals surface area contributed by atoms with Crippen LogP contribution >= 0.6 is 0 Å². The molecule has 0 amide bonds. The van der Waals surface area contributed by atoms with Crippen LogP contribution in [0, 0.1) is 17.3 Å². The van der Waals surface area contributed by atoms with Crippen LogP contribution in [0.3, 0.4) is 0 Å². The van der Waals surface area contributed by atoms with E-state index in [1.165, 1.54) is 36.1 Å². The molecule has 1 saturated heterocycles. The number of likely N-dealkylation sites (tertiary alicyclic amines) is 1. The normalized spacial score (nSPS) is 36.2. The molecular weight excluding hydrogens is 462 g/mol. The summed E-state index contributed by atoms with van der Waals surface area (Å²) in [6.45, 7) is 3.73. The lowest BCUT2D eigenvalue weighted by Gasteiger charge is -2.74. The highest BCUT2D eigenvalue weighted by molar-refractivity contribution is 5.58. The van der Waals surface area contributed by atoms with Crippen molar-refractivity contribution in [2.75, 3.05) is 33.9 Å². The van der Waals surface area contributed by atoms with Crippen molar-refractivity contribution in [3.8, 4) is 11.5 Å². The van der Waals surface area contributed by atoms with Crippen LogP contribution in [0.5, 0.6) is 11.5 Å². The number of fused-ring (bicyclic) bond motifs is 3. The highest BCUT2D eigenvalue weighted by atomic mass is 16.5. The number of nitrogens with zero attached hydrogens (tertiary/aromatic N) is 1. The van der Waals surface area contributed by atoms with Gasteiger partial charge in [0.15, 0.2) is 11.5 Å². The number of phenolic OH excluding ortho intramolecular Hbond substituents is 1. The molecule has 5 fully saturated rings. The van der Waals surface area contributed by atoms with Crippen LogP contribution in [-0.4, -0.2) is 55.6 Å². The van der Waals surface area contributed by atoms with Crippen molar-refractivity contribution < 1.29 is 19.3 Å². The Morgan fingerprint density at radius 3 is 2.62 bits per heavy atom. The Bertz CT molecular complexity index is 1160. The summed E-state index contributed by atoms with van der Waals surface area (Å²) in [6, 6.07) is 15.2. The summed E-state index contributed by atoms with van der Waals surface area (Å²) < 4.78 is 18.6. The number of rotatable bonds is 8. The fourth-order valence-electron chi connectivity index (χ4n) is 9.29. The van der Waals surface area contributed by atoms with Crippen LogP contribution in [0.2, 0.25) is 0 Å². The molecule has 2 aromatic rings. The van der Waals surface area contributed by atoms with Crippen LogP contribution < -0.4 is 4.74 Å². The van der Waals surface area contributed by atoms with Gasteiger partial charge in [-0.05, 0) is 86.4 Å². The van der Waals surface area contributed by atoms with Crippen molar-refractivity contribution in [3.05, 3.63) is 59.2 Å². The predicted octanol–water partition coefficient (Wildman–Crippen LogP) is 5.47. The Balaban J connectivity index is 1.28. The van der Waals surface area contributed by atoms with E-state index in [9.17, 15) is 5.11 Å². The summed E-state index contributed by atoms with van der Waals surface area (Å²) in [5.74, 6) is 2.23. The molecule has 5 nitrogen and oxygen atoms in total. The van der Waals surface area contributed by atoms with Gasteiger partial charge in [0.25, 0.3) is 0 Å². The molecule has 4 bridgehead atoms. The molecule has 198 valence electrons. The SMILES string of the molecule is COc1ccc2c(c1O)[C@]13CCN(CC4CC4)[C@H](C2)[C@]12CC[C@](OC)(C3)[C@@H](COCc1ccccc1)C2. The maximum Gasteiger partial charge on any atom is 0.161 e. The molecule has 4 saturated carbocycles. The number of methoxy groups -OCH3 is 2. The van der Waals surface area contributed by atoms with Gasteiger partial charge in [-0.2, -0.15) is 0 Å². The molecule has 1 N–H and O–H groups in total. The minimum absolute atomic E-state index is 0.0753. The first-order valence-electron chi connectivity index (χ1n) is 14.3. The minimum atomic E-state index is -0.216. The van der Waals surface area contributed by atoms with Gasteiger partial charge in [0.1, 0.15) is 0 Å². The largest absolute Gasteiger partial charge is 0.504 e. The number of aromatic hydroxyl groups is 1. The summed E-state index contributed by atoms with van der Waals surface area (Å²) >= 11 is 0. The first kappa shape index (κ1) is 24.0. The lowest BCUT2D eigenvalue weighted by Crippen LogP contribution is -2.75. The first-order valence-corrected chi connectivity index (χ1v) is 14.3. The lowest BCUT2D eigenvalue weighted by atomic mass is 9.35. The molecule has 6 aliphatic rings. The molecule has 0 radical (unpaired) electrons. The van der Waals surface area contributed by atoms with E-state index in [1.54, 1.807) is 7.11 Å². The van der Waals surface area contributed by atoms with E-state index < -0.39 is 0 Å². The molecule has 37 heavy (non-hydrogen) atoms. The summed E-state index contributed by atoms with van der Waals surface area (Å²) in [7, 11) is 3.58. The lowest BCUT2D eigenvalue weighted by molar-refractivity contribution is -0.246. The highest BCUT2D eigenvalue weighted by Gasteiger charge is 2.73. The zero-order valence-corrected chi connectivity index (χ0v) is 22.4. The number of ether oxygens (including phenoxy) is 3. The van der Waals surface area contributed by atoms with Crippen molar-refractivity contribution in [2.24, 2.45) is 17.3 Å². The third-order valence-electron chi connectivity index (χ3n) is 11.2. The fourth-order valence-corrected chi connectivity index (χ4v) is 9.29. The van der Waals surface area contributed by atoms with Crippen LogP contribution in [0.1, 0.15) is 61.6 Å². The second-order valence-corrected chi connectivity index (χ2v) is 12.6. The fraction of sp³-hybridized carbons (Fsp3) is 0.625. The Morgan fingerprint density at radius 2 is 1.86 bits per heavy atom. The summed E-state index contributed by atoms with van der Waals surface area (Å²) in [6.07, 6.45) is 9.22. The number of benzene rings is 2. The molecule has 2 aromatic carbocycles. The van der Waals surface area contributed by atoms with Crippen molar-refractivity contribution >= 4 is 0 Å². The highest BCUT2D eigenvalue weighted by Crippen LogP contribution is 2.73. The van der Waals surface area contributed by atoms with Gasteiger partial charge in [-0.1, -0.05) is 36.4 Å². The number of phenols is 1. The van der Waals surface area contributed by atoms with Gasteiger partial charge in [0.05, 0.1) is 25.9 Å². The molecule has 1 spiro atoms. The van der Waals surface area contributed by atoms with Gasteiger partial charge in [0.2, 0.25) is 0 Å². The average molecular weight is 504 g/mol. The molecule has 5 atom stereocenters. The van der Waals surface area contributed by atoms with Gasteiger partial charge in [0, 0.05) is 36.6 Å². The van der Waals surface area contributed by atoms with Crippen LogP contribution in [0.15, 0.2) is 42.5 Å². The van der Waals surface area contributed by atoms with Crippen LogP contribution in [0.4, 0.5) is 0 Å². The third-order valence-corrected chi connectivity index (χ3v) is 11.2. The Hall–Kier alpha value is -2.08. The van der Waals surface area contributed by atoms with Gasteiger partial charge >= 0.3 is 0 Å². The molecule has 1 aliphatic heterocycles. The van der Waals surface area contributed by atoms with Crippen molar-refractivity contribution in [1.29, 1.82) is 0 Å². The van der Waals surface area contributed by atoms with Crippen molar-refractivity contribution in [3.63, 3.8) is 0 Å². The maximum atomic E-state index is 11.6. The zero-order chi connectivity index (χ0) is 25.3. The van der Waals surface area contributed by atoms with Gasteiger partial charge < -0.3 is 19.3 Å². The molecule has 8 rings (SSSR count). The second kappa shape index (κ2) is 8.72. The van der Waals surface area contributed by atoms with E-state index in [0.717, 1.165) is 57.6 Å². The smallest absolute Gasteiger partial charge is 0.161 e. The quantitative estimate of drug-likeness (QED) is 0.518. The van der Waals surface area contributed by atoms with E-state index in [2.05, 4.69) is 41.3 Å². The Kier molecular flexibility index (Phi) is 5.66. The van der Waals surface area contributed by atoms with Crippen LogP contribution in [0.25, 0.3) is 0 Å². The van der Waals surface area contributed by atoms with Crippen molar-refractivity contribution in [1.82, 2.24) is 4.90 Å². The maximum absolute atomic E-state index is 11.6. The van der Waals surface area contributed by atoms with Gasteiger partial charge in [-0.3, -0.25) is 4.90 Å². The molecular formula is C32H41NO4. The van der Waals surface area contributed by atoms with Crippen molar-refractivity contribution in [2.45, 2.75) is 75.0 Å². The molecule has 1 heterocycles. The van der Waals surface area contributed by atoms with E-state index in [-0.39, 0.29) is 16.4 Å². The Labute approximate surface area is 221 Å². The van der Waals surface area contributed by atoms with E-state index in [0.29, 0.717) is 30.1 Å². The summed E-state index contributed by atoms with van der Waals surface area (Å²) in [4.78, 5) is 2.85. The molecule has 0 unspecified atom stereocenters. The van der Waals surface area contributed by atoms with Gasteiger partial charge in [-0.25, -0.2) is 0 Å².